The average molecular weight is 305 g/mol. The number of rotatable bonds is 3. The van der Waals surface area contributed by atoms with Gasteiger partial charge in [-0.2, -0.15) is 0 Å². The van der Waals surface area contributed by atoms with Crippen LogP contribution in [0.15, 0.2) is 24.3 Å². The predicted octanol–water partition coefficient (Wildman–Crippen LogP) is 3.86. The number of nitrogens with one attached hydrogen (secondary N) is 1. The first kappa shape index (κ1) is 16.3. The highest BCUT2D eigenvalue weighted by Gasteiger charge is 2.63. The summed E-state index contributed by atoms with van der Waals surface area (Å²) in [7, 11) is 0. The maximum atomic E-state index is 12.0. The predicted molar refractivity (Wildman–Crippen MR) is 83.9 cm³/mol. The van der Waals surface area contributed by atoms with Crippen molar-refractivity contribution in [1.82, 2.24) is 0 Å². The summed E-state index contributed by atoms with van der Waals surface area (Å²) in [4.78, 5) is 23.3. The maximum Gasteiger partial charge on any atom is 0.412 e. The number of amides is 1. The van der Waals surface area contributed by atoms with Crippen molar-refractivity contribution < 1.29 is 19.4 Å². The molecule has 2 N–H and O–H groups in total. The van der Waals surface area contributed by atoms with Crippen LogP contribution in [0.3, 0.4) is 0 Å². The number of hydrogen-bond donors (Lipinski definition) is 2. The lowest BCUT2D eigenvalue weighted by Gasteiger charge is -2.20. The Morgan fingerprint density at radius 1 is 1.23 bits per heavy atom. The monoisotopic (exact) mass is 305 g/mol. The second-order valence-corrected chi connectivity index (χ2v) is 7.33. The van der Waals surface area contributed by atoms with Gasteiger partial charge in [-0.25, -0.2) is 4.79 Å². The third-order valence-electron chi connectivity index (χ3n) is 4.02. The van der Waals surface area contributed by atoms with E-state index >= 15 is 0 Å². The van der Waals surface area contributed by atoms with Crippen LogP contribution in [0.2, 0.25) is 0 Å². The van der Waals surface area contributed by atoms with Crippen LogP contribution in [-0.4, -0.2) is 22.8 Å². The van der Waals surface area contributed by atoms with E-state index in [-0.39, 0.29) is 11.3 Å². The van der Waals surface area contributed by atoms with Crippen LogP contribution < -0.4 is 5.32 Å². The van der Waals surface area contributed by atoms with Gasteiger partial charge in [0.15, 0.2) is 0 Å². The van der Waals surface area contributed by atoms with E-state index in [1.165, 1.54) is 0 Å². The minimum Gasteiger partial charge on any atom is -0.481 e. The Bertz CT molecular complexity index is 601. The summed E-state index contributed by atoms with van der Waals surface area (Å²) in [6.07, 6.45) is -0.537. The van der Waals surface area contributed by atoms with E-state index in [4.69, 9.17) is 4.74 Å². The van der Waals surface area contributed by atoms with Gasteiger partial charge in [-0.1, -0.05) is 32.0 Å². The topological polar surface area (TPSA) is 75.6 Å². The summed E-state index contributed by atoms with van der Waals surface area (Å²) >= 11 is 0. The summed E-state index contributed by atoms with van der Waals surface area (Å²) in [6, 6.07) is 7.29. The number of carboxylic acid groups (broad SMARTS) is 1. The SMILES string of the molecule is CC(C)(C)OC(=O)Nc1ccccc1[C@@H]1[C@@H](C(=O)O)C1(C)C. The highest BCUT2D eigenvalue weighted by Crippen LogP contribution is 2.65. The number of carbonyl (C=O) groups excluding carboxylic acids is 1. The summed E-state index contributed by atoms with van der Waals surface area (Å²) in [6.45, 7) is 9.25. The van der Waals surface area contributed by atoms with Crippen LogP contribution in [-0.2, 0) is 9.53 Å². The Hall–Kier alpha value is -2.04. The minimum absolute atomic E-state index is 0.115. The first-order valence-corrected chi connectivity index (χ1v) is 7.36. The smallest absolute Gasteiger partial charge is 0.412 e. The summed E-state index contributed by atoms with van der Waals surface area (Å²) in [5, 5.41) is 12.1. The van der Waals surface area contributed by atoms with E-state index < -0.39 is 23.6 Å². The molecule has 2 atom stereocenters. The molecule has 1 aliphatic rings. The zero-order chi connectivity index (χ0) is 16.7. The van der Waals surface area contributed by atoms with Crippen LogP contribution in [0, 0.1) is 11.3 Å². The van der Waals surface area contributed by atoms with Crippen molar-refractivity contribution >= 4 is 17.7 Å². The average Bonchev–Trinajstić information content (AvgIpc) is 2.90. The molecule has 1 saturated carbocycles. The molecule has 0 saturated heterocycles. The Balaban J connectivity index is 2.22. The number of anilines is 1. The van der Waals surface area contributed by atoms with E-state index in [0.717, 1.165) is 5.56 Å². The van der Waals surface area contributed by atoms with Gasteiger partial charge in [0.2, 0.25) is 0 Å². The fourth-order valence-corrected chi connectivity index (χ4v) is 2.97. The van der Waals surface area contributed by atoms with Crippen LogP contribution in [0.25, 0.3) is 0 Å². The number of ether oxygens (including phenoxy) is 1. The lowest BCUT2D eigenvalue weighted by Crippen LogP contribution is -2.27. The largest absolute Gasteiger partial charge is 0.481 e. The molecule has 1 amide bonds. The van der Waals surface area contributed by atoms with Gasteiger partial charge in [-0.15, -0.1) is 0 Å². The van der Waals surface area contributed by atoms with Crippen molar-refractivity contribution in [2.75, 3.05) is 5.32 Å². The lowest BCUT2D eigenvalue weighted by atomic mass is 10.0. The van der Waals surface area contributed by atoms with E-state index in [0.29, 0.717) is 5.69 Å². The molecule has 0 bridgehead atoms. The zero-order valence-corrected chi connectivity index (χ0v) is 13.6. The van der Waals surface area contributed by atoms with Gasteiger partial charge in [-0.05, 0) is 37.8 Å². The third-order valence-corrected chi connectivity index (χ3v) is 4.02. The third kappa shape index (κ3) is 3.24. The molecule has 0 radical (unpaired) electrons. The van der Waals surface area contributed by atoms with Crippen molar-refractivity contribution in [2.24, 2.45) is 11.3 Å². The number of carboxylic acids is 1. The molecule has 0 aromatic heterocycles. The number of aliphatic carboxylic acids is 1. The van der Waals surface area contributed by atoms with Crippen LogP contribution in [0.5, 0.6) is 0 Å². The number of benzene rings is 1. The van der Waals surface area contributed by atoms with Gasteiger partial charge in [0.25, 0.3) is 0 Å². The van der Waals surface area contributed by atoms with E-state index in [1.807, 2.05) is 26.0 Å². The first-order valence-electron chi connectivity index (χ1n) is 7.36. The van der Waals surface area contributed by atoms with Gasteiger partial charge in [0, 0.05) is 11.6 Å². The van der Waals surface area contributed by atoms with Gasteiger partial charge in [-0.3, -0.25) is 10.1 Å². The molecular formula is C17H23NO4. The molecule has 0 spiro atoms. The van der Waals surface area contributed by atoms with Crippen LogP contribution >= 0.6 is 0 Å². The first-order chi connectivity index (χ1) is 10.0. The molecule has 5 heteroatoms. The Morgan fingerprint density at radius 3 is 2.32 bits per heavy atom. The number of para-hydroxylation sites is 1. The van der Waals surface area contributed by atoms with Crippen molar-refractivity contribution in [1.29, 1.82) is 0 Å². The van der Waals surface area contributed by atoms with Gasteiger partial charge < -0.3 is 9.84 Å². The minimum atomic E-state index is -0.804. The van der Waals surface area contributed by atoms with Gasteiger partial charge >= 0.3 is 12.1 Å². The Kier molecular flexibility index (Phi) is 3.94. The molecule has 0 heterocycles. The lowest BCUT2D eigenvalue weighted by molar-refractivity contribution is -0.139. The molecule has 1 aromatic carbocycles. The van der Waals surface area contributed by atoms with E-state index in [2.05, 4.69) is 5.32 Å². The summed E-state index contributed by atoms with van der Waals surface area (Å²) in [5.41, 5.74) is 0.545. The fraction of sp³-hybridized carbons (Fsp3) is 0.529. The normalized spacial score (nSPS) is 22.8. The molecule has 2 rings (SSSR count). The number of carbonyl (C=O) groups is 2. The quantitative estimate of drug-likeness (QED) is 0.889. The second kappa shape index (κ2) is 5.30. The molecule has 22 heavy (non-hydrogen) atoms. The highest BCUT2D eigenvalue weighted by atomic mass is 16.6. The molecule has 5 nitrogen and oxygen atoms in total. The summed E-state index contributed by atoms with van der Waals surface area (Å²) in [5.74, 6) is -1.35. The Morgan fingerprint density at radius 2 is 1.82 bits per heavy atom. The molecule has 0 aliphatic heterocycles. The second-order valence-electron chi connectivity index (χ2n) is 7.33. The molecular weight excluding hydrogens is 282 g/mol. The standard InChI is InChI=1S/C17H23NO4/c1-16(2,3)22-15(21)18-11-9-7-6-8-10(11)12-13(14(19)20)17(12,4)5/h6-9,12-13H,1-5H3,(H,18,21)(H,19,20)/t12-,13+/m1/s1. The number of hydrogen-bond acceptors (Lipinski definition) is 3. The Labute approximate surface area is 130 Å². The van der Waals surface area contributed by atoms with E-state index in [1.54, 1.807) is 32.9 Å². The van der Waals surface area contributed by atoms with Gasteiger partial charge in [0.1, 0.15) is 5.60 Å². The van der Waals surface area contributed by atoms with Crippen molar-refractivity contribution in [3.8, 4) is 0 Å². The van der Waals surface area contributed by atoms with Crippen LogP contribution in [0.1, 0.15) is 46.1 Å². The molecule has 0 unspecified atom stereocenters. The summed E-state index contributed by atoms with van der Waals surface area (Å²) < 4.78 is 5.26. The molecule has 1 fully saturated rings. The molecule has 1 aromatic rings. The van der Waals surface area contributed by atoms with Crippen molar-refractivity contribution in [3.05, 3.63) is 29.8 Å². The van der Waals surface area contributed by atoms with E-state index in [9.17, 15) is 14.7 Å². The maximum absolute atomic E-state index is 12.0. The van der Waals surface area contributed by atoms with Crippen LogP contribution in [0.4, 0.5) is 10.5 Å². The van der Waals surface area contributed by atoms with Gasteiger partial charge in [0.05, 0.1) is 5.92 Å². The van der Waals surface area contributed by atoms with Crippen molar-refractivity contribution in [2.45, 2.75) is 46.1 Å². The fourth-order valence-electron chi connectivity index (χ4n) is 2.97. The highest BCUT2D eigenvalue weighted by molar-refractivity contribution is 5.87. The molecule has 120 valence electrons. The van der Waals surface area contributed by atoms with Crippen molar-refractivity contribution in [3.63, 3.8) is 0 Å². The molecule has 1 aliphatic carbocycles. The zero-order valence-electron chi connectivity index (χ0n) is 13.6.